The molecular formula is C16H21BrF2O5. The molecule has 0 bridgehead atoms. The standard InChI is InChI=1S/C12H13BrF2O3.C4H8O2/c1-2-17-12(16)4-3-5-18-11-7-9(14)8(13)6-10(11)15;1-2-6-4-3-5-1/h6-7H,2-5H2,1H3;1-4H2. The largest absolute Gasteiger partial charge is 0.490 e. The van der Waals surface area contributed by atoms with Gasteiger partial charge in [-0.25, -0.2) is 8.78 Å². The van der Waals surface area contributed by atoms with Gasteiger partial charge in [-0.2, -0.15) is 0 Å². The molecule has 0 aliphatic carbocycles. The second-order valence-electron chi connectivity index (χ2n) is 4.68. The zero-order chi connectivity index (χ0) is 17.8. The van der Waals surface area contributed by atoms with Gasteiger partial charge in [0.25, 0.3) is 0 Å². The summed E-state index contributed by atoms with van der Waals surface area (Å²) < 4.78 is 46.2. The molecule has 24 heavy (non-hydrogen) atoms. The highest BCUT2D eigenvalue weighted by atomic mass is 79.9. The van der Waals surface area contributed by atoms with Crippen LogP contribution in [0.25, 0.3) is 0 Å². The van der Waals surface area contributed by atoms with Gasteiger partial charge in [0.05, 0.1) is 44.1 Å². The van der Waals surface area contributed by atoms with Crippen molar-refractivity contribution >= 4 is 21.9 Å². The van der Waals surface area contributed by atoms with Gasteiger partial charge in [0.15, 0.2) is 11.6 Å². The van der Waals surface area contributed by atoms with Gasteiger partial charge in [0, 0.05) is 12.5 Å². The first-order valence-electron chi connectivity index (χ1n) is 7.63. The zero-order valence-corrected chi connectivity index (χ0v) is 15.1. The summed E-state index contributed by atoms with van der Waals surface area (Å²) in [6.07, 6.45) is 0.574. The van der Waals surface area contributed by atoms with E-state index in [1.807, 2.05) is 0 Å². The van der Waals surface area contributed by atoms with Crippen molar-refractivity contribution in [2.75, 3.05) is 39.6 Å². The van der Waals surface area contributed by atoms with Gasteiger partial charge >= 0.3 is 5.97 Å². The van der Waals surface area contributed by atoms with E-state index in [9.17, 15) is 13.6 Å². The number of carbonyl (C=O) groups excluding carboxylic acids is 1. The lowest BCUT2D eigenvalue weighted by Gasteiger charge is -2.09. The highest BCUT2D eigenvalue weighted by molar-refractivity contribution is 9.10. The second kappa shape index (κ2) is 12.2. The molecule has 0 spiro atoms. The Labute approximate surface area is 148 Å². The van der Waals surface area contributed by atoms with Crippen LogP contribution in [0.4, 0.5) is 8.78 Å². The third kappa shape index (κ3) is 8.56. The van der Waals surface area contributed by atoms with Crippen LogP contribution >= 0.6 is 15.9 Å². The lowest BCUT2D eigenvalue weighted by Crippen LogP contribution is -2.16. The summed E-state index contributed by atoms with van der Waals surface area (Å²) in [5, 5.41) is 0. The molecule has 1 aromatic rings. The number of hydrogen-bond donors (Lipinski definition) is 0. The molecule has 5 nitrogen and oxygen atoms in total. The summed E-state index contributed by atoms with van der Waals surface area (Å²) in [7, 11) is 0. The number of rotatable bonds is 6. The van der Waals surface area contributed by atoms with E-state index in [1.54, 1.807) is 6.92 Å². The maximum Gasteiger partial charge on any atom is 0.305 e. The monoisotopic (exact) mass is 410 g/mol. The molecule has 0 saturated carbocycles. The Balaban J connectivity index is 0.000000400. The normalized spacial score (nSPS) is 13.7. The smallest absolute Gasteiger partial charge is 0.305 e. The molecule has 0 radical (unpaired) electrons. The summed E-state index contributed by atoms with van der Waals surface area (Å²) in [6, 6.07) is 1.96. The SMILES string of the molecule is C1COCCO1.CCOC(=O)CCCOc1cc(F)c(Br)cc1F. The lowest BCUT2D eigenvalue weighted by atomic mass is 10.3. The molecule has 0 aromatic heterocycles. The van der Waals surface area contributed by atoms with E-state index < -0.39 is 11.6 Å². The highest BCUT2D eigenvalue weighted by Crippen LogP contribution is 2.25. The van der Waals surface area contributed by atoms with Gasteiger partial charge in [0.1, 0.15) is 5.82 Å². The molecule has 2 rings (SSSR count). The second-order valence-corrected chi connectivity index (χ2v) is 5.53. The first kappa shape index (κ1) is 20.8. The summed E-state index contributed by atoms with van der Waals surface area (Å²) >= 11 is 2.87. The van der Waals surface area contributed by atoms with Crippen LogP contribution in [0.5, 0.6) is 5.75 Å². The predicted molar refractivity (Wildman–Crippen MR) is 87.1 cm³/mol. The van der Waals surface area contributed by atoms with E-state index in [0.29, 0.717) is 13.0 Å². The van der Waals surface area contributed by atoms with Crippen LogP contribution in [0.2, 0.25) is 0 Å². The number of benzene rings is 1. The molecule has 1 aromatic carbocycles. The molecule has 0 amide bonds. The minimum atomic E-state index is -0.653. The molecule has 8 heteroatoms. The molecule has 0 atom stereocenters. The number of carbonyl (C=O) groups is 1. The van der Waals surface area contributed by atoms with Crippen molar-refractivity contribution in [2.45, 2.75) is 19.8 Å². The maximum absolute atomic E-state index is 13.3. The number of halogens is 3. The van der Waals surface area contributed by atoms with E-state index in [4.69, 9.17) is 18.9 Å². The van der Waals surface area contributed by atoms with Crippen LogP contribution in [0.1, 0.15) is 19.8 Å². The highest BCUT2D eigenvalue weighted by Gasteiger charge is 2.09. The summed E-state index contributed by atoms with van der Waals surface area (Å²) in [6.45, 7) is 5.28. The van der Waals surface area contributed by atoms with Gasteiger partial charge in [-0.05, 0) is 35.3 Å². The zero-order valence-electron chi connectivity index (χ0n) is 13.5. The van der Waals surface area contributed by atoms with Crippen molar-refractivity contribution in [3.8, 4) is 5.75 Å². The van der Waals surface area contributed by atoms with E-state index in [2.05, 4.69) is 15.9 Å². The summed E-state index contributed by atoms with van der Waals surface area (Å²) in [5.41, 5.74) is 0. The minimum absolute atomic E-state index is 0.0406. The van der Waals surface area contributed by atoms with Crippen molar-refractivity contribution in [2.24, 2.45) is 0 Å². The Morgan fingerprint density at radius 3 is 2.33 bits per heavy atom. The van der Waals surface area contributed by atoms with Crippen LogP contribution in [-0.4, -0.2) is 45.6 Å². The fraction of sp³-hybridized carbons (Fsp3) is 0.562. The summed E-state index contributed by atoms with van der Waals surface area (Å²) in [4.78, 5) is 11.0. The molecule has 1 saturated heterocycles. The lowest BCUT2D eigenvalue weighted by molar-refractivity contribution is -0.143. The van der Waals surface area contributed by atoms with Crippen LogP contribution in [0.15, 0.2) is 16.6 Å². The molecule has 0 N–H and O–H groups in total. The van der Waals surface area contributed by atoms with Crippen LogP contribution < -0.4 is 4.74 Å². The number of hydrogen-bond acceptors (Lipinski definition) is 5. The van der Waals surface area contributed by atoms with Gasteiger partial charge in [-0.3, -0.25) is 4.79 Å². The van der Waals surface area contributed by atoms with Gasteiger partial charge in [-0.1, -0.05) is 0 Å². The molecule has 0 unspecified atom stereocenters. The van der Waals surface area contributed by atoms with Crippen molar-refractivity contribution in [3.05, 3.63) is 28.2 Å². The van der Waals surface area contributed by atoms with Crippen molar-refractivity contribution in [1.29, 1.82) is 0 Å². The quantitative estimate of drug-likeness (QED) is 0.408. The molecule has 1 fully saturated rings. The molecule has 1 aliphatic heterocycles. The number of esters is 1. The topological polar surface area (TPSA) is 54.0 Å². The Hall–Kier alpha value is -1.25. The minimum Gasteiger partial charge on any atom is -0.490 e. The Morgan fingerprint density at radius 2 is 1.79 bits per heavy atom. The van der Waals surface area contributed by atoms with E-state index in [1.165, 1.54) is 0 Å². The predicted octanol–water partition coefficient (Wildman–Crippen LogP) is 3.48. The first-order chi connectivity index (χ1) is 11.5. The van der Waals surface area contributed by atoms with E-state index >= 15 is 0 Å². The van der Waals surface area contributed by atoms with Crippen molar-refractivity contribution < 1.29 is 32.5 Å². The third-order valence-electron chi connectivity index (χ3n) is 2.81. The average Bonchev–Trinajstić information content (AvgIpc) is 2.58. The van der Waals surface area contributed by atoms with Crippen molar-refractivity contribution in [1.82, 2.24) is 0 Å². The van der Waals surface area contributed by atoms with E-state index in [0.717, 1.165) is 38.6 Å². The molecule has 1 aliphatic rings. The van der Waals surface area contributed by atoms with Crippen LogP contribution in [0, 0.1) is 11.6 Å². The third-order valence-corrected chi connectivity index (χ3v) is 3.41. The maximum atomic E-state index is 13.3. The number of ether oxygens (including phenoxy) is 4. The average molecular weight is 411 g/mol. The van der Waals surface area contributed by atoms with Crippen LogP contribution in [0.3, 0.4) is 0 Å². The van der Waals surface area contributed by atoms with Gasteiger partial charge in [-0.15, -0.1) is 0 Å². The molecule has 1 heterocycles. The van der Waals surface area contributed by atoms with Crippen molar-refractivity contribution in [3.63, 3.8) is 0 Å². The fourth-order valence-corrected chi connectivity index (χ4v) is 2.00. The Kier molecular flexibility index (Phi) is 10.5. The van der Waals surface area contributed by atoms with Gasteiger partial charge in [0.2, 0.25) is 0 Å². The first-order valence-corrected chi connectivity index (χ1v) is 8.42. The molecule has 136 valence electrons. The van der Waals surface area contributed by atoms with Crippen LogP contribution in [-0.2, 0) is 19.0 Å². The van der Waals surface area contributed by atoms with E-state index in [-0.39, 0.29) is 29.2 Å². The Morgan fingerprint density at radius 1 is 1.17 bits per heavy atom. The van der Waals surface area contributed by atoms with Gasteiger partial charge < -0.3 is 18.9 Å². The fourth-order valence-electron chi connectivity index (χ4n) is 1.69. The Bertz CT molecular complexity index is 498. The summed E-state index contributed by atoms with van der Waals surface area (Å²) in [5.74, 6) is -1.75. The molecular weight excluding hydrogens is 390 g/mol.